The predicted octanol–water partition coefficient (Wildman–Crippen LogP) is 2.00. The third-order valence-electron chi connectivity index (χ3n) is 4.61. The van der Waals surface area contributed by atoms with E-state index in [0.29, 0.717) is 17.1 Å². The molecule has 0 radical (unpaired) electrons. The maximum atomic E-state index is 5.75. The Morgan fingerprint density at radius 2 is 2.17 bits per heavy atom. The molecule has 2 rings (SSSR count). The number of fused-ring (bicyclic) bond motifs is 1. The van der Waals surface area contributed by atoms with Gasteiger partial charge in [0.15, 0.2) is 0 Å². The van der Waals surface area contributed by atoms with Crippen LogP contribution in [0, 0.1) is 0 Å². The molecule has 0 aromatic heterocycles. The lowest BCUT2D eigenvalue weighted by molar-refractivity contribution is -0.00708. The smallest absolute Gasteiger partial charge is 0.0743 e. The van der Waals surface area contributed by atoms with Gasteiger partial charge in [0.05, 0.1) is 4.99 Å². The SMILES string of the molecule is CCC(CC(N)=S)N1CC2CCCCN2CC1C. The van der Waals surface area contributed by atoms with Gasteiger partial charge in [-0.2, -0.15) is 0 Å². The molecule has 104 valence electrons. The highest BCUT2D eigenvalue weighted by Gasteiger charge is 2.35. The second-order valence-electron chi connectivity index (χ2n) is 5.92. The molecule has 0 aromatic carbocycles. The average molecular weight is 269 g/mol. The fourth-order valence-corrected chi connectivity index (χ4v) is 3.80. The highest BCUT2D eigenvalue weighted by atomic mass is 32.1. The zero-order valence-electron chi connectivity index (χ0n) is 11.8. The van der Waals surface area contributed by atoms with Crippen LogP contribution < -0.4 is 5.73 Å². The lowest BCUT2D eigenvalue weighted by Gasteiger charge is -2.50. The predicted molar refractivity (Wildman–Crippen MR) is 80.9 cm³/mol. The van der Waals surface area contributed by atoms with Crippen LogP contribution in [0.25, 0.3) is 0 Å². The highest BCUT2D eigenvalue weighted by Crippen LogP contribution is 2.26. The van der Waals surface area contributed by atoms with E-state index >= 15 is 0 Å². The van der Waals surface area contributed by atoms with Gasteiger partial charge in [-0.3, -0.25) is 9.80 Å². The van der Waals surface area contributed by atoms with Crippen molar-refractivity contribution in [3.63, 3.8) is 0 Å². The summed E-state index contributed by atoms with van der Waals surface area (Å²) in [7, 11) is 0. The number of nitrogens with zero attached hydrogens (tertiary/aromatic N) is 2. The standard InChI is InChI=1S/C14H27N3S/c1-3-12(8-14(15)18)17-10-13-6-4-5-7-16(13)9-11(17)2/h11-13H,3-10H2,1-2H3,(H2,15,18). The van der Waals surface area contributed by atoms with Gasteiger partial charge in [-0.05, 0) is 32.7 Å². The Balaban J connectivity index is 2.00. The molecule has 0 amide bonds. The van der Waals surface area contributed by atoms with Gasteiger partial charge in [-0.1, -0.05) is 25.6 Å². The summed E-state index contributed by atoms with van der Waals surface area (Å²) in [6, 6.07) is 1.95. The molecular formula is C14H27N3S. The van der Waals surface area contributed by atoms with E-state index in [9.17, 15) is 0 Å². The molecule has 0 aliphatic carbocycles. The number of rotatable bonds is 4. The van der Waals surface area contributed by atoms with Crippen LogP contribution in [0.2, 0.25) is 0 Å². The number of hydrogen-bond donors (Lipinski definition) is 1. The van der Waals surface area contributed by atoms with Crippen LogP contribution in [0.15, 0.2) is 0 Å². The van der Waals surface area contributed by atoms with Crippen molar-refractivity contribution < 1.29 is 0 Å². The van der Waals surface area contributed by atoms with Crippen LogP contribution in [0.3, 0.4) is 0 Å². The molecule has 0 aromatic rings. The number of hydrogen-bond acceptors (Lipinski definition) is 3. The van der Waals surface area contributed by atoms with Crippen molar-refractivity contribution in [1.29, 1.82) is 0 Å². The lowest BCUT2D eigenvalue weighted by atomic mass is 9.94. The Labute approximate surface area is 117 Å². The van der Waals surface area contributed by atoms with Gasteiger partial charge in [0.2, 0.25) is 0 Å². The largest absolute Gasteiger partial charge is 0.393 e. The van der Waals surface area contributed by atoms with Crippen LogP contribution in [-0.2, 0) is 0 Å². The molecule has 0 bridgehead atoms. The first-order chi connectivity index (χ1) is 8.61. The van der Waals surface area contributed by atoms with Crippen LogP contribution in [0.5, 0.6) is 0 Å². The van der Waals surface area contributed by atoms with Gasteiger partial charge in [0.25, 0.3) is 0 Å². The summed E-state index contributed by atoms with van der Waals surface area (Å²) in [5, 5.41) is 0. The van der Waals surface area contributed by atoms with E-state index in [-0.39, 0.29) is 0 Å². The summed E-state index contributed by atoms with van der Waals surface area (Å²) < 4.78 is 0. The van der Waals surface area contributed by atoms with Crippen molar-refractivity contribution in [1.82, 2.24) is 9.80 Å². The van der Waals surface area contributed by atoms with Crippen molar-refractivity contribution in [2.45, 2.75) is 64.1 Å². The Bertz CT molecular complexity index is 295. The maximum Gasteiger partial charge on any atom is 0.0743 e. The van der Waals surface area contributed by atoms with Gasteiger partial charge in [-0.25, -0.2) is 0 Å². The number of thiocarbonyl (C=S) groups is 1. The Morgan fingerprint density at radius 3 is 2.83 bits per heavy atom. The second-order valence-corrected chi connectivity index (χ2v) is 6.45. The minimum absolute atomic E-state index is 0.543. The Kier molecular flexibility index (Phi) is 4.98. The minimum atomic E-state index is 0.543. The molecule has 2 aliphatic heterocycles. The van der Waals surface area contributed by atoms with Crippen molar-refractivity contribution in [3.05, 3.63) is 0 Å². The maximum absolute atomic E-state index is 5.75. The second kappa shape index (κ2) is 6.31. The fourth-order valence-electron chi connectivity index (χ4n) is 3.61. The molecule has 3 atom stereocenters. The zero-order valence-corrected chi connectivity index (χ0v) is 12.6. The quantitative estimate of drug-likeness (QED) is 0.791. The summed E-state index contributed by atoms with van der Waals surface area (Å²) in [6.45, 7) is 8.34. The van der Waals surface area contributed by atoms with Gasteiger partial charge < -0.3 is 5.73 Å². The molecule has 4 heteroatoms. The monoisotopic (exact) mass is 269 g/mol. The molecule has 0 spiro atoms. The van der Waals surface area contributed by atoms with E-state index in [1.807, 2.05) is 0 Å². The third kappa shape index (κ3) is 3.22. The minimum Gasteiger partial charge on any atom is -0.393 e. The summed E-state index contributed by atoms with van der Waals surface area (Å²) in [6.07, 6.45) is 6.17. The summed E-state index contributed by atoms with van der Waals surface area (Å²) in [4.78, 5) is 6.02. The number of piperidine rings is 1. The van der Waals surface area contributed by atoms with Crippen LogP contribution >= 0.6 is 12.2 Å². The van der Waals surface area contributed by atoms with Crippen molar-refractivity contribution >= 4 is 17.2 Å². The number of piperazine rings is 1. The van der Waals surface area contributed by atoms with Crippen LogP contribution in [0.1, 0.15) is 46.0 Å². The molecular weight excluding hydrogens is 242 g/mol. The van der Waals surface area contributed by atoms with E-state index in [0.717, 1.165) is 18.9 Å². The third-order valence-corrected chi connectivity index (χ3v) is 4.78. The average Bonchev–Trinajstić information content (AvgIpc) is 2.35. The molecule has 3 unspecified atom stereocenters. The number of nitrogens with two attached hydrogens (primary N) is 1. The molecule has 0 saturated carbocycles. The highest BCUT2D eigenvalue weighted by molar-refractivity contribution is 7.80. The van der Waals surface area contributed by atoms with Crippen molar-refractivity contribution in [2.24, 2.45) is 5.73 Å². The first-order valence-corrected chi connectivity index (χ1v) is 7.80. The van der Waals surface area contributed by atoms with E-state index in [1.54, 1.807) is 0 Å². The van der Waals surface area contributed by atoms with E-state index in [1.165, 1.54) is 38.9 Å². The molecule has 3 nitrogen and oxygen atoms in total. The van der Waals surface area contributed by atoms with Gasteiger partial charge in [-0.15, -0.1) is 0 Å². The van der Waals surface area contributed by atoms with Crippen molar-refractivity contribution in [3.8, 4) is 0 Å². The van der Waals surface area contributed by atoms with Crippen LogP contribution in [0.4, 0.5) is 0 Å². The zero-order chi connectivity index (χ0) is 13.1. The summed E-state index contributed by atoms with van der Waals surface area (Å²) in [5.41, 5.74) is 5.75. The van der Waals surface area contributed by atoms with Crippen molar-refractivity contribution in [2.75, 3.05) is 19.6 Å². The topological polar surface area (TPSA) is 32.5 Å². The first-order valence-electron chi connectivity index (χ1n) is 7.40. The van der Waals surface area contributed by atoms with Gasteiger partial charge in [0.1, 0.15) is 0 Å². The Hall–Kier alpha value is -0.190. The van der Waals surface area contributed by atoms with Gasteiger partial charge in [0, 0.05) is 37.6 Å². The lowest BCUT2D eigenvalue weighted by Crippen LogP contribution is -2.61. The van der Waals surface area contributed by atoms with Crippen LogP contribution in [-0.4, -0.2) is 52.5 Å². The first kappa shape index (κ1) is 14.2. The molecule has 2 aliphatic rings. The fraction of sp³-hybridized carbons (Fsp3) is 0.929. The molecule has 18 heavy (non-hydrogen) atoms. The molecule has 2 fully saturated rings. The Morgan fingerprint density at radius 1 is 1.39 bits per heavy atom. The van der Waals surface area contributed by atoms with E-state index in [4.69, 9.17) is 18.0 Å². The molecule has 2 heterocycles. The summed E-state index contributed by atoms with van der Waals surface area (Å²) in [5.74, 6) is 0. The van der Waals surface area contributed by atoms with E-state index < -0.39 is 0 Å². The normalized spacial score (nSPS) is 31.9. The molecule has 2 saturated heterocycles. The van der Waals surface area contributed by atoms with Gasteiger partial charge >= 0.3 is 0 Å². The van der Waals surface area contributed by atoms with E-state index in [2.05, 4.69) is 23.6 Å². The molecule has 2 N–H and O–H groups in total. The summed E-state index contributed by atoms with van der Waals surface area (Å²) >= 11 is 5.10.